The molecular weight excluding hydrogens is 449 g/mol. The summed E-state index contributed by atoms with van der Waals surface area (Å²) in [5.41, 5.74) is 0.829. The van der Waals surface area contributed by atoms with Gasteiger partial charge in [0.15, 0.2) is 0 Å². The first-order valence-electron chi connectivity index (χ1n) is 9.20. The molecule has 0 radical (unpaired) electrons. The molecule has 11 heteroatoms. The van der Waals surface area contributed by atoms with Gasteiger partial charge in [-0.05, 0) is 59.8 Å². The Morgan fingerprint density at radius 3 is 2.28 bits per heavy atom. The lowest BCUT2D eigenvalue weighted by molar-refractivity contribution is -0.274. The molecule has 0 saturated carbocycles. The molecule has 2 aromatic rings. The van der Waals surface area contributed by atoms with Gasteiger partial charge in [-0.25, -0.2) is 0 Å². The lowest BCUT2D eigenvalue weighted by Crippen LogP contribution is -2.37. The van der Waals surface area contributed by atoms with Gasteiger partial charge in [0.1, 0.15) is 11.5 Å². The highest BCUT2D eigenvalue weighted by Crippen LogP contribution is 2.32. The normalized spacial score (nSPS) is 15.2. The van der Waals surface area contributed by atoms with Crippen molar-refractivity contribution >= 4 is 34.9 Å². The molecular formula is C21H17F3N2O5S. The molecule has 1 aliphatic heterocycles. The lowest BCUT2D eigenvalue weighted by atomic mass is 10.2. The van der Waals surface area contributed by atoms with E-state index in [0.717, 1.165) is 34.4 Å². The zero-order chi connectivity index (χ0) is 23.3. The Hall–Kier alpha value is -3.47. The summed E-state index contributed by atoms with van der Waals surface area (Å²) >= 11 is 0.797. The molecule has 1 fully saturated rings. The molecule has 1 heterocycles. The number of alkyl halides is 3. The van der Waals surface area contributed by atoms with Crippen molar-refractivity contribution in [1.82, 2.24) is 10.2 Å². The minimum atomic E-state index is -4.82. The number of carbonyl (C=O) groups is 3. The molecule has 2 aromatic carbocycles. The number of halogens is 3. The van der Waals surface area contributed by atoms with Crippen LogP contribution in [-0.4, -0.2) is 48.5 Å². The van der Waals surface area contributed by atoms with E-state index in [1.807, 2.05) is 0 Å². The van der Waals surface area contributed by atoms with E-state index < -0.39 is 29.2 Å². The van der Waals surface area contributed by atoms with E-state index >= 15 is 0 Å². The fourth-order valence-corrected chi connectivity index (χ4v) is 3.60. The number of benzene rings is 2. The number of imide groups is 1. The van der Waals surface area contributed by atoms with Gasteiger partial charge in [-0.1, -0.05) is 12.1 Å². The fourth-order valence-electron chi connectivity index (χ4n) is 2.74. The van der Waals surface area contributed by atoms with Crippen LogP contribution in [0.25, 0.3) is 6.08 Å². The van der Waals surface area contributed by atoms with Gasteiger partial charge in [0.05, 0.1) is 12.0 Å². The number of thioether (sulfide) groups is 1. The van der Waals surface area contributed by atoms with Gasteiger partial charge >= 0.3 is 6.36 Å². The van der Waals surface area contributed by atoms with Gasteiger partial charge < -0.3 is 14.8 Å². The van der Waals surface area contributed by atoms with Crippen LogP contribution in [0.2, 0.25) is 0 Å². The molecule has 1 saturated heterocycles. The molecule has 1 N–H and O–H groups in total. The molecule has 3 rings (SSSR count). The van der Waals surface area contributed by atoms with Crippen molar-refractivity contribution in [3.8, 4) is 11.5 Å². The van der Waals surface area contributed by atoms with Gasteiger partial charge in [-0.2, -0.15) is 0 Å². The third-order valence-corrected chi connectivity index (χ3v) is 5.17. The van der Waals surface area contributed by atoms with Crippen LogP contribution in [-0.2, 0) is 4.79 Å². The molecule has 32 heavy (non-hydrogen) atoms. The maximum absolute atomic E-state index is 12.5. The SMILES string of the molecule is COc1ccc(C=C2SC(=O)N(CCNC(=O)c3ccc(OC(F)(F)F)cc3)C2=O)cc1. The molecule has 168 valence electrons. The number of ether oxygens (including phenoxy) is 2. The minimum absolute atomic E-state index is 0.0203. The standard InChI is InChI=1S/C21H17F3N2O5S/c1-30-15-6-2-13(3-7-15)12-17-19(28)26(20(29)32-17)11-10-25-18(27)14-4-8-16(9-5-14)31-21(22,23)24/h2-9,12H,10-11H2,1H3,(H,25,27). The van der Waals surface area contributed by atoms with E-state index in [0.29, 0.717) is 5.75 Å². The molecule has 0 spiro atoms. The smallest absolute Gasteiger partial charge is 0.497 e. The zero-order valence-electron chi connectivity index (χ0n) is 16.6. The van der Waals surface area contributed by atoms with Crippen molar-refractivity contribution in [1.29, 1.82) is 0 Å². The van der Waals surface area contributed by atoms with Crippen LogP contribution >= 0.6 is 11.8 Å². The van der Waals surface area contributed by atoms with Crippen LogP contribution in [0.3, 0.4) is 0 Å². The van der Waals surface area contributed by atoms with Gasteiger partial charge in [0.2, 0.25) is 0 Å². The number of hydrogen-bond donors (Lipinski definition) is 1. The predicted octanol–water partition coefficient (Wildman–Crippen LogP) is 4.06. The average molecular weight is 466 g/mol. The van der Waals surface area contributed by atoms with Gasteiger partial charge in [-0.15, -0.1) is 13.2 Å². The van der Waals surface area contributed by atoms with Crippen molar-refractivity contribution in [2.45, 2.75) is 6.36 Å². The molecule has 3 amide bonds. The summed E-state index contributed by atoms with van der Waals surface area (Å²) < 4.78 is 45.4. The Kier molecular flexibility index (Phi) is 7.08. The summed E-state index contributed by atoms with van der Waals surface area (Å²) in [6, 6.07) is 11.3. The van der Waals surface area contributed by atoms with E-state index in [-0.39, 0.29) is 23.6 Å². The number of methoxy groups -OCH3 is 1. The summed E-state index contributed by atoms with van der Waals surface area (Å²) in [7, 11) is 1.54. The summed E-state index contributed by atoms with van der Waals surface area (Å²) in [6.07, 6.45) is -3.23. The molecule has 7 nitrogen and oxygen atoms in total. The number of nitrogens with one attached hydrogen (secondary N) is 1. The number of hydrogen-bond acceptors (Lipinski definition) is 6. The predicted molar refractivity (Wildman–Crippen MR) is 111 cm³/mol. The molecule has 0 unspecified atom stereocenters. The number of rotatable bonds is 7. The second-order valence-corrected chi connectivity index (χ2v) is 7.43. The van der Waals surface area contributed by atoms with E-state index in [9.17, 15) is 27.6 Å². The number of amides is 3. The third-order valence-electron chi connectivity index (χ3n) is 4.26. The summed E-state index contributed by atoms with van der Waals surface area (Å²) in [4.78, 5) is 38.1. The van der Waals surface area contributed by atoms with Crippen LogP contribution in [0.5, 0.6) is 11.5 Å². The van der Waals surface area contributed by atoms with Crippen LogP contribution in [0.4, 0.5) is 18.0 Å². The second-order valence-electron chi connectivity index (χ2n) is 6.43. The number of carbonyl (C=O) groups excluding carboxylic acids is 3. The maximum Gasteiger partial charge on any atom is 0.573 e. The molecule has 0 bridgehead atoms. The monoisotopic (exact) mass is 466 g/mol. The van der Waals surface area contributed by atoms with Gasteiger partial charge in [-0.3, -0.25) is 19.3 Å². The van der Waals surface area contributed by atoms with Crippen LogP contribution in [0.15, 0.2) is 53.4 Å². The Bertz CT molecular complexity index is 1040. The molecule has 1 aliphatic rings. The van der Waals surface area contributed by atoms with Crippen molar-refractivity contribution in [2.24, 2.45) is 0 Å². The van der Waals surface area contributed by atoms with Crippen LogP contribution in [0.1, 0.15) is 15.9 Å². The van der Waals surface area contributed by atoms with Gasteiger partial charge in [0.25, 0.3) is 17.1 Å². The van der Waals surface area contributed by atoms with E-state index in [1.54, 1.807) is 30.3 Å². The topological polar surface area (TPSA) is 84.9 Å². The molecule has 0 aromatic heterocycles. The summed E-state index contributed by atoms with van der Waals surface area (Å²) in [5, 5.41) is 2.06. The Balaban J connectivity index is 1.54. The van der Waals surface area contributed by atoms with E-state index in [4.69, 9.17) is 4.74 Å². The Morgan fingerprint density at radius 1 is 1.06 bits per heavy atom. The van der Waals surface area contributed by atoms with Crippen LogP contribution in [0, 0.1) is 0 Å². The highest BCUT2D eigenvalue weighted by molar-refractivity contribution is 8.18. The lowest BCUT2D eigenvalue weighted by Gasteiger charge is -2.13. The zero-order valence-corrected chi connectivity index (χ0v) is 17.5. The highest BCUT2D eigenvalue weighted by atomic mass is 32.2. The van der Waals surface area contributed by atoms with Crippen molar-refractivity contribution in [3.63, 3.8) is 0 Å². The first-order chi connectivity index (χ1) is 15.2. The van der Waals surface area contributed by atoms with E-state index in [1.165, 1.54) is 19.2 Å². The van der Waals surface area contributed by atoms with Gasteiger partial charge in [0, 0.05) is 18.7 Å². The molecule has 0 aliphatic carbocycles. The molecule has 0 atom stereocenters. The quantitative estimate of drug-likeness (QED) is 0.620. The average Bonchev–Trinajstić information content (AvgIpc) is 3.01. The first kappa shape index (κ1) is 23.2. The van der Waals surface area contributed by atoms with Crippen molar-refractivity contribution in [2.75, 3.05) is 20.2 Å². The Labute approximate surface area is 185 Å². The largest absolute Gasteiger partial charge is 0.573 e. The summed E-state index contributed by atoms with van der Waals surface area (Å²) in [5.74, 6) is -0.827. The van der Waals surface area contributed by atoms with E-state index in [2.05, 4.69) is 10.1 Å². The number of nitrogens with zero attached hydrogens (tertiary/aromatic N) is 1. The van der Waals surface area contributed by atoms with Crippen molar-refractivity contribution < 1.29 is 37.0 Å². The first-order valence-corrected chi connectivity index (χ1v) is 10.0. The van der Waals surface area contributed by atoms with Crippen molar-refractivity contribution in [3.05, 3.63) is 64.6 Å². The maximum atomic E-state index is 12.5. The highest BCUT2D eigenvalue weighted by Gasteiger charge is 2.34. The minimum Gasteiger partial charge on any atom is -0.497 e. The summed E-state index contributed by atoms with van der Waals surface area (Å²) in [6.45, 7) is -0.0703. The Morgan fingerprint density at radius 2 is 1.69 bits per heavy atom. The second kappa shape index (κ2) is 9.77. The van der Waals surface area contributed by atoms with Crippen LogP contribution < -0.4 is 14.8 Å². The third kappa shape index (κ3) is 6.03. The fraction of sp³-hybridized carbons (Fsp3) is 0.190.